The van der Waals surface area contributed by atoms with Gasteiger partial charge in [-0.2, -0.15) is 0 Å². The number of rotatable bonds is 6. The molecular weight excluding hydrogens is 443 g/mol. The fourth-order valence-electron chi connectivity index (χ4n) is 4.89. The van der Waals surface area contributed by atoms with Crippen molar-refractivity contribution in [2.24, 2.45) is 0 Å². The third-order valence-corrected chi connectivity index (χ3v) is 6.43. The summed E-state index contributed by atoms with van der Waals surface area (Å²) in [7, 11) is 0. The van der Waals surface area contributed by atoms with Crippen molar-refractivity contribution in [1.29, 1.82) is 0 Å². The number of para-hydroxylation sites is 4. The van der Waals surface area contributed by atoms with E-state index in [2.05, 4.69) is 0 Å². The van der Waals surface area contributed by atoms with Crippen LogP contribution in [0.1, 0.15) is 32.0 Å². The normalized spacial score (nSPS) is 15.8. The Morgan fingerprint density at radius 1 is 1.03 bits per heavy atom. The first-order valence-electron chi connectivity index (χ1n) is 11.8. The second-order valence-corrected chi connectivity index (χ2v) is 9.09. The van der Waals surface area contributed by atoms with Crippen molar-refractivity contribution in [3.05, 3.63) is 90.5 Å². The molecule has 0 bridgehead atoms. The summed E-state index contributed by atoms with van der Waals surface area (Å²) in [6.45, 7) is 4.37. The zero-order chi connectivity index (χ0) is 24.5. The van der Waals surface area contributed by atoms with E-state index < -0.39 is 5.82 Å². The van der Waals surface area contributed by atoms with Crippen LogP contribution >= 0.6 is 0 Å². The number of imidazole rings is 1. The smallest absolute Gasteiger partial charge is 0.247 e. The van der Waals surface area contributed by atoms with Gasteiger partial charge in [0.2, 0.25) is 11.8 Å². The number of fused-ring (bicyclic) bond motifs is 1. The highest BCUT2D eigenvalue weighted by molar-refractivity contribution is 5.97. The highest BCUT2D eigenvalue weighted by atomic mass is 19.1. The van der Waals surface area contributed by atoms with E-state index in [9.17, 15) is 14.0 Å². The van der Waals surface area contributed by atoms with Gasteiger partial charge in [0.1, 0.15) is 18.2 Å². The first kappa shape index (κ1) is 22.8. The van der Waals surface area contributed by atoms with Crippen LogP contribution in [0.15, 0.2) is 78.9 Å². The molecular formula is C28H27FN4O2. The molecule has 3 aromatic carbocycles. The molecule has 1 aromatic heterocycles. The van der Waals surface area contributed by atoms with Crippen molar-refractivity contribution >= 4 is 34.2 Å². The number of halogens is 1. The fourth-order valence-corrected chi connectivity index (χ4v) is 4.89. The van der Waals surface area contributed by atoms with Gasteiger partial charge in [-0.25, -0.2) is 9.37 Å². The van der Waals surface area contributed by atoms with Crippen molar-refractivity contribution in [2.75, 3.05) is 16.3 Å². The average molecular weight is 471 g/mol. The lowest BCUT2D eigenvalue weighted by molar-refractivity contribution is -0.119. The summed E-state index contributed by atoms with van der Waals surface area (Å²) in [6.07, 6.45) is 0.207. The minimum Gasteiger partial charge on any atom is -0.318 e. The van der Waals surface area contributed by atoms with Crippen LogP contribution in [0, 0.1) is 5.82 Å². The average Bonchev–Trinajstić information content (AvgIpc) is 3.40. The Morgan fingerprint density at radius 3 is 2.46 bits per heavy atom. The Bertz CT molecular complexity index is 1380. The number of hydrogen-bond donors (Lipinski definition) is 0. The van der Waals surface area contributed by atoms with E-state index in [1.165, 1.54) is 11.0 Å². The third-order valence-electron chi connectivity index (χ3n) is 6.43. The van der Waals surface area contributed by atoms with Crippen molar-refractivity contribution in [1.82, 2.24) is 9.55 Å². The van der Waals surface area contributed by atoms with E-state index in [1.54, 1.807) is 23.1 Å². The number of amides is 2. The molecule has 1 atom stereocenters. The predicted molar refractivity (Wildman–Crippen MR) is 135 cm³/mol. The molecule has 0 spiro atoms. The lowest BCUT2D eigenvalue weighted by Crippen LogP contribution is -2.39. The van der Waals surface area contributed by atoms with E-state index in [0.29, 0.717) is 12.4 Å². The van der Waals surface area contributed by atoms with Gasteiger partial charge in [0.15, 0.2) is 0 Å². The zero-order valence-electron chi connectivity index (χ0n) is 19.8. The maximum Gasteiger partial charge on any atom is 0.247 e. The largest absolute Gasteiger partial charge is 0.318 e. The first-order valence-corrected chi connectivity index (χ1v) is 11.8. The highest BCUT2D eigenvalue weighted by Gasteiger charge is 2.36. The topological polar surface area (TPSA) is 58.4 Å². The SMILES string of the molecule is CC(C)N(C(=O)Cn1c([C@H]2CC(=O)N(c3ccccc3F)C2)nc2ccccc21)c1ccccc1. The molecule has 1 saturated heterocycles. The van der Waals surface area contributed by atoms with E-state index in [0.717, 1.165) is 16.7 Å². The summed E-state index contributed by atoms with van der Waals surface area (Å²) < 4.78 is 16.3. The molecule has 7 heteroatoms. The van der Waals surface area contributed by atoms with Gasteiger partial charge in [-0.3, -0.25) is 9.59 Å². The molecule has 5 rings (SSSR count). The van der Waals surface area contributed by atoms with Crippen LogP contribution in [0.3, 0.4) is 0 Å². The van der Waals surface area contributed by atoms with Crippen LogP contribution in [0.2, 0.25) is 0 Å². The van der Waals surface area contributed by atoms with Gasteiger partial charge in [0.25, 0.3) is 0 Å². The summed E-state index contributed by atoms with van der Waals surface area (Å²) in [5.74, 6) is -0.236. The summed E-state index contributed by atoms with van der Waals surface area (Å²) in [6, 6.07) is 23.5. The summed E-state index contributed by atoms with van der Waals surface area (Å²) >= 11 is 0. The van der Waals surface area contributed by atoms with Gasteiger partial charge in [-0.1, -0.05) is 42.5 Å². The van der Waals surface area contributed by atoms with Crippen LogP contribution in [0.5, 0.6) is 0 Å². The van der Waals surface area contributed by atoms with Gasteiger partial charge in [0.05, 0.1) is 16.7 Å². The Balaban J connectivity index is 1.50. The van der Waals surface area contributed by atoms with Gasteiger partial charge in [0, 0.05) is 30.6 Å². The van der Waals surface area contributed by atoms with Gasteiger partial charge in [-0.05, 0) is 50.2 Å². The Hall–Kier alpha value is -4.00. The second-order valence-electron chi connectivity index (χ2n) is 9.09. The molecule has 1 aliphatic rings. The van der Waals surface area contributed by atoms with Crippen LogP contribution < -0.4 is 9.80 Å². The molecule has 0 unspecified atom stereocenters. The quantitative estimate of drug-likeness (QED) is 0.392. The van der Waals surface area contributed by atoms with E-state index >= 15 is 0 Å². The third kappa shape index (κ3) is 4.30. The van der Waals surface area contributed by atoms with Crippen LogP contribution in [-0.2, 0) is 16.1 Å². The minimum atomic E-state index is -0.430. The number of carbonyl (C=O) groups excluding carboxylic acids is 2. The molecule has 6 nitrogen and oxygen atoms in total. The van der Waals surface area contributed by atoms with Gasteiger partial charge < -0.3 is 14.4 Å². The Kier molecular flexibility index (Phi) is 6.07. The maximum atomic E-state index is 14.4. The van der Waals surface area contributed by atoms with E-state index in [4.69, 9.17) is 4.98 Å². The van der Waals surface area contributed by atoms with Crippen LogP contribution in [0.25, 0.3) is 11.0 Å². The zero-order valence-corrected chi connectivity index (χ0v) is 19.8. The maximum absolute atomic E-state index is 14.4. The molecule has 0 N–H and O–H groups in total. The van der Waals surface area contributed by atoms with Gasteiger partial charge >= 0.3 is 0 Å². The van der Waals surface area contributed by atoms with Gasteiger partial charge in [-0.15, -0.1) is 0 Å². The summed E-state index contributed by atoms with van der Waals surface area (Å²) in [5.41, 5.74) is 2.71. The Morgan fingerprint density at radius 2 is 1.71 bits per heavy atom. The van der Waals surface area contributed by atoms with E-state index in [1.807, 2.05) is 73.0 Å². The molecule has 0 aliphatic carbocycles. The lowest BCUT2D eigenvalue weighted by Gasteiger charge is -2.27. The number of aromatic nitrogens is 2. The number of anilines is 2. The first-order chi connectivity index (χ1) is 16.9. The van der Waals surface area contributed by atoms with E-state index in [-0.39, 0.29) is 42.4 Å². The predicted octanol–water partition coefficient (Wildman–Crippen LogP) is 5.14. The summed E-state index contributed by atoms with van der Waals surface area (Å²) in [4.78, 5) is 34.6. The van der Waals surface area contributed by atoms with Crippen LogP contribution in [0.4, 0.5) is 15.8 Å². The molecule has 2 heterocycles. The van der Waals surface area contributed by atoms with Crippen LogP contribution in [-0.4, -0.2) is 34.0 Å². The second kappa shape index (κ2) is 9.33. The molecule has 178 valence electrons. The van der Waals surface area contributed by atoms with Crippen molar-refractivity contribution < 1.29 is 14.0 Å². The minimum absolute atomic E-state index is 0.0345. The molecule has 4 aromatic rings. The highest BCUT2D eigenvalue weighted by Crippen LogP contribution is 2.34. The van der Waals surface area contributed by atoms with Crippen molar-refractivity contribution in [3.63, 3.8) is 0 Å². The molecule has 35 heavy (non-hydrogen) atoms. The number of hydrogen-bond acceptors (Lipinski definition) is 3. The van der Waals surface area contributed by atoms with Crippen molar-refractivity contribution in [2.45, 2.75) is 38.8 Å². The fraction of sp³-hybridized carbons (Fsp3) is 0.250. The molecule has 1 aliphatic heterocycles. The standard InChI is InChI=1S/C28H27FN4O2/c1-19(2)33(21-10-4-3-5-11-21)27(35)18-32-25-15-9-7-13-23(25)30-28(32)20-16-26(34)31(17-20)24-14-8-6-12-22(24)29/h3-15,19-20H,16-18H2,1-2H3/t20-/m0/s1. The number of nitrogens with zero attached hydrogens (tertiary/aromatic N) is 4. The Labute approximate surface area is 203 Å². The molecule has 2 amide bonds. The monoisotopic (exact) mass is 470 g/mol. The lowest BCUT2D eigenvalue weighted by atomic mass is 10.1. The van der Waals surface area contributed by atoms with Crippen molar-refractivity contribution in [3.8, 4) is 0 Å². The number of benzene rings is 3. The molecule has 0 saturated carbocycles. The summed E-state index contributed by atoms with van der Waals surface area (Å²) in [5, 5.41) is 0. The number of carbonyl (C=O) groups is 2. The molecule has 0 radical (unpaired) electrons. The molecule has 1 fully saturated rings.